The summed E-state index contributed by atoms with van der Waals surface area (Å²) in [5, 5.41) is 6.69. The predicted molar refractivity (Wildman–Crippen MR) is 138 cm³/mol. The molecular formula is C24H31FIN3O2S. The highest BCUT2D eigenvalue weighted by Crippen LogP contribution is 2.59. The van der Waals surface area contributed by atoms with Gasteiger partial charge in [-0.05, 0) is 71.9 Å². The Morgan fingerprint density at radius 1 is 1.16 bits per heavy atom. The van der Waals surface area contributed by atoms with Crippen LogP contribution >= 0.6 is 24.0 Å². The Balaban J connectivity index is 0.00000289. The molecule has 0 aromatic heterocycles. The van der Waals surface area contributed by atoms with Gasteiger partial charge >= 0.3 is 0 Å². The number of hydrogen-bond donors (Lipinski definition) is 2. The standard InChI is InChI=1S/C24H30FN3O2S.HI/c1-3-26-24(27-13-18-12-19(25)10-8-17(18)15-31(2,29)30)28-14-22-21-11-9-16-6-4-5-7-20(16)23(21)22;/h4-8,10,12,21-23H,3,9,11,13-15H2,1-2H3,(H2,26,27,28);1H. The average molecular weight is 572 g/mol. The van der Waals surface area contributed by atoms with Crippen molar-refractivity contribution in [2.45, 2.75) is 38.0 Å². The second kappa shape index (κ2) is 10.5. The minimum absolute atomic E-state index is 0. The molecule has 2 aromatic carbocycles. The smallest absolute Gasteiger partial charge is 0.191 e. The van der Waals surface area contributed by atoms with E-state index in [0.29, 0.717) is 35.5 Å². The fourth-order valence-electron chi connectivity index (χ4n) is 4.87. The largest absolute Gasteiger partial charge is 0.357 e. The fourth-order valence-corrected chi connectivity index (χ4v) is 5.72. The molecule has 0 spiro atoms. The minimum atomic E-state index is -3.21. The molecule has 0 bridgehead atoms. The SMILES string of the molecule is CCNC(=NCc1cc(F)ccc1CS(C)(=O)=O)NCC1C2CCc3ccccc3C21.I. The third kappa shape index (κ3) is 6.01. The van der Waals surface area contributed by atoms with Gasteiger partial charge in [0.15, 0.2) is 15.8 Å². The molecule has 0 saturated heterocycles. The van der Waals surface area contributed by atoms with Crippen molar-refractivity contribution in [3.63, 3.8) is 0 Å². The first kappa shape index (κ1) is 25.0. The summed E-state index contributed by atoms with van der Waals surface area (Å²) in [6, 6.07) is 13.0. The quantitative estimate of drug-likeness (QED) is 0.300. The molecule has 174 valence electrons. The number of aryl methyl sites for hydroxylation is 1. The van der Waals surface area contributed by atoms with E-state index in [4.69, 9.17) is 0 Å². The lowest BCUT2D eigenvalue weighted by molar-refractivity contribution is 0.600. The molecule has 5 nitrogen and oxygen atoms in total. The van der Waals surface area contributed by atoms with Crippen LogP contribution in [0.25, 0.3) is 0 Å². The van der Waals surface area contributed by atoms with Crippen molar-refractivity contribution >= 4 is 39.8 Å². The third-order valence-electron chi connectivity index (χ3n) is 6.34. The number of benzene rings is 2. The normalized spacial score (nSPS) is 21.7. The maximum absolute atomic E-state index is 13.8. The lowest BCUT2D eigenvalue weighted by Crippen LogP contribution is -2.38. The Labute approximate surface area is 207 Å². The second-order valence-corrected chi connectivity index (χ2v) is 10.8. The van der Waals surface area contributed by atoms with Gasteiger partial charge < -0.3 is 10.6 Å². The predicted octanol–water partition coefficient (Wildman–Crippen LogP) is 4.02. The molecule has 4 rings (SSSR count). The Morgan fingerprint density at radius 3 is 2.69 bits per heavy atom. The molecule has 0 heterocycles. The first-order valence-corrected chi connectivity index (χ1v) is 13.0. The third-order valence-corrected chi connectivity index (χ3v) is 7.17. The van der Waals surface area contributed by atoms with Crippen molar-refractivity contribution in [2.75, 3.05) is 19.3 Å². The topological polar surface area (TPSA) is 70.6 Å². The Bertz CT molecular complexity index is 1090. The van der Waals surface area contributed by atoms with E-state index >= 15 is 0 Å². The van der Waals surface area contributed by atoms with E-state index in [1.165, 1.54) is 42.0 Å². The van der Waals surface area contributed by atoms with E-state index in [9.17, 15) is 12.8 Å². The van der Waals surface area contributed by atoms with Crippen LogP contribution < -0.4 is 10.6 Å². The highest BCUT2D eigenvalue weighted by Gasteiger charge is 2.52. The summed E-state index contributed by atoms with van der Waals surface area (Å²) in [4.78, 5) is 4.61. The van der Waals surface area contributed by atoms with Crippen LogP contribution in [0.1, 0.15) is 41.5 Å². The summed E-state index contributed by atoms with van der Waals surface area (Å²) in [7, 11) is -3.21. The summed E-state index contributed by atoms with van der Waals surface area (Å²) in [5.41, 5.74) is 4.17. The van der Waals surface area contributed by atoms with E-state index in [1.54, 1.807) is 0 Å². The Hall–Kier alpha value is -1.68. The zero-order valence-electron chi connectivity index (χ0n) is 18.5. The van der Waals surface area contributed by atoms with Crippen molar-refractivity contribution in [2.24, 2.45) is 16.8 Å². The summed E-state index contributed by atoms with van der Waals surface area (Å²) < 4.78 is 37.2. The monoisotopic (exact) mass is 571 g/mol. The van der Waals surface area contributed by atoms with Gasteiger partial charge in [0.25, 0.3) is 0 Å². The van der Waals surface area contributed by atoms with Crippen molar-refractivity contribution in [1.29, 1.82) is 0 Å². The van der Waals surface area contributed by atoms with Gasteiger partial charge in [-0.1, -0.05) is 30.3 Å². The number of nitrogens with one attached hydrogen (secondary N) is 2. The Kier molecular flexibility index (Phi) is 8.19. The molecule has 0 amide bonds. The van der Waals surface area contributed by atoms with Crippen LogP contribution in [0.15, 0.2) is 47.5 Å². The highest BCUT2D eigenvalue weighted by atomic mass is 127. The average Bonchev–Trinajstić information content (AvgIpc) is 3.44. The van der Waals surface area contributed by atoms with Gasteiger partial charge in [-0.2, -0.15) is 0 Å². The molecule has 0 aliphatic heterocycles. The second-order valence-electron chi connectivity index (χ2n) is 8.65. The molecule has 0 radical (unpaired) electrons. The number of halogens is 2. The van der Waals surface area contributed by atoms with Crippen LogP contribution in [0.5, 0.6) is 0 Å². The molecule has 8 heteroatoms. The van der Waals surface area contributed by atoms with Gasteiger partial charge in [-0.3, -0.25) is 0 Å². The van der Waals surface area contributed by atoms with Gasteiger partial charge in [0.2, 0.25) is 0 Å². The lowest BCUT2D eigenvalue weighted by atomic mass is 9.92. The minimum Gasteiger partial charge on any atom is -0.357 e. The first-order valence-electron chi connectivity index (χ1n) is 10.9. The van der Waals surface area contributed by atoms with Crippen molar-refractivity contribution in [1.82, 2.24) is 10.6 Å². The van der Waals surface area contributed by atoms with Crippen molar-refractivity contribution in [3.05, 3.63) is 70.5 Å². The maximum Gasteiger partial charge on any atom is 0.191 e. The number of sulfone groups is 1. The van der Waals surface area contributed by atoms with E-state index in [1.807, 2.05) is 6.92 Å². The molecular weight excluding hydrogens is 540 g/mol. The van der Waals surface area contributed by atoms with E-state index in [2.05, 4.69) is 39.9 Å². The summed E-state index contributed by atoms with van der Waals surface area (Å²) in [6.45, 7) is 3.78. The van der Waals surface area contributed by atoms with E-state index < -0.39 is 9.84 Å². The summed E-state index contributed by atoms with van der Waals surface area (Å²) >= 11 is 0. The molecule has 3 atom stereocenters. The summed E-state index contributed by atoms with van der Waals surface area (Å²) in [6.07, 6.45) is 3.58. The van der Waals surface area contributed by atoms with Crippen LogP contribution in [0.3, 0.4) is 0 Å². The fraction of sp³-hybridized carbons (Fsp3) is 0.458. The number of aliphatic imine (C=N–C) groups is 1. The molecule has 1 fully saturated rings. The molecule has 1 saturated carbocycles. The van der Waals surface area contributed by atoms with Crippen LogP contribution in [-0.2, 0) is 28.6 Å². The number of rotatable bonds is 7. The highest BCUT2D eigenvalue weighted by molar-refractivity contribution is 14.0. The van der Waals surface area contributed by atoms with Crippen LogP contribution in [0.4, 0.5) is 4.39 Å². The molecule has 3 unspecified atom stereocenters. The van der Waals surface area contributed by atoms with Gasteiger partial charge in [0, 0.05) is 19.3 Å². The number of fused-ring (bicyclic) bond motifs is 3. The maximum atomic E-state index is 13.8. The zero-order chi connectivity index (χ0) is 22.0. The van der Waals surface area contributed by atoms with Gasteiger partial charge in [-0.15, -0.1) is 24.0 Å². The van der Waals surface area contributed by atoms with E-state index in [-0.39, 0.29) is 42.1 Å². The number of guanidine groups is 1. The van der Waals surface area contributed by atoms with Gasteiger partial charge in [0.1, 0.15) is 5.82 Å². The van der Waals surface area contributed by atoms with Gasteiger partial charge in [0.05, 0.1) is 12.3 Å². The molecule has 32 heavy (non-hydrogen) atoms. The zero-order valence-corrected chi connectivity index (χ0v) is 21.6. The lowest BCUT2D eigenvalue weighted by Gasteiger charge is -2.13. The van der Waals surface area contributed by atoms with Crippen LogP contribution in [0.2, 0.25) is 0 Å². The Morgan fingerprint density at radius 2 is 1.94 bits per heavy atom. The molecule has 2 N–H and O–H groups in total. The number of hydrogen-bond acceptors (Lipinski definition) is 3. The van der Waals surface area contributed by atoms with Gasteiger partial charge in [-0.25, -0.2) is 17.8 Å². The summed E-state index contributed by atoms with van der Waals surface area (Å²) in [5.74, 6) is 2.13. The van der Waals surface area contributed by atoms with Crippen LogP contribution in [-0.4, -0.2) is 33.7 Å². The van der Waals surface area contributed by atoms with Crippen molar-refractivity contribution < 1.29 is 12.8 Å². The van der Waals surface area contributed by atoms with Crippen molar-refractivity contribution in [3.8, 4) is 0 Å². The number of nitrogens with zero attached hydrogens (tertiary/aromatic N) is 1. The van der Waals surface area contributed by atoms with Crippen LogP contribution in [0, 0.1) is 17.7 Å². The molecule has 2 aliphatic carbocycles. The molecule has 2 aliphatic rings. The first-order chi connectivity index (χ1) is 14.9. The van der Waals surface area contributed by atoms with E-state index in [0.717, 1.165) is 18.9 Å². The molecule has 2 aromatic rings.